The second-order valence-electron chi connectivity index (χ2n) is 5.99. The van der Waals surface area contributed by atoms with Gasteiger partial charge in [0.1, 0.15) is 0 Å². The van der Waals surface area contributed by atoms with E-state index in [1.54, 1.807) is 18.2 Å². The summed E-state index contributed by atoms with van der Waals surface area (Å²) in [5, 5.41) is 6.64. The minimum absolute atomic E-state index is 0.263. The Morgan fingerprint density at radius 1 is 1.04 bits per heavy atom. The molecule has 0 spiro atoms. The van der Waals surface area contributed by atoms with Crippen molar-refractivity contribution in [1.29, 1.82) is 0 Å². The van der Waals surface area contributed by atoms with E-state index in [1.807, 2.05) is 19.1 Å². The molecule has 0 bridgehead atoms. The fraction of sp³-hybridized carbons (Fsp3) is 0.150. The zero-order chi connectivity index (χ0) is 18.5. The van der Waals surface area contributed by atoms with Crippen LogP contribution in [-0.4, -0.2) is 15.9 Å². The van der Waals surface area contributed by atoms with Gasteiger partial charge in [-0.05, 0) is 48.7 Å². The van der Waals surface area contributed by atoms with E-state index in [0.29, 0.717) is 28.8 Å². The second-order valence-corrected chi connectivity index (χ2v) is 6.43. The Labute approximate surface area is 157 Å². The van der Waals surface area contributed by atoms with Crippen molar-refractivity contribution in [1.82, 2.24) is 9.97 Å². The van der Waals surface area contributed by atoms with Gasteiger partial charge < -0.3 is 10.6 Å². The largest absolute Gasteiger partial charge is 0.350 e. The van der Waals surface area contributed by atoms with E-state index in [2.05, 4.69) is 39.7 Å². The normalized spacial score (nSPS) is 10.4. The van der Waals surface area contributed by atoms with E-state index in [1.165, 1.54) is 23.5 Å². The molecule has 0 saturated carbocycles. The maximum Gasteiger partial charge on any atom is 0.258 e. The van der Waals surface area contributed by atoms with Crippen LogP contribution in [0.2, 0.25) is 5.02 Å². The lowest BCUT2D eigenvalue weighted by Gasteiger charge is -2.10. The summed E-state index contributed by atoms with van der Waals surface area (Å²) in [6.07, 6.45) is 3.02. The van der Waals surface area contributed by atoms with Crippen molar-refractivity contribution >= 4 is 29.1 Å². The minimum atomic E-state index is -0.263. The Hall–Kier alpha value is -2.92. The zero-order valence-electron chi connectivity index (χ0n) is 14.6. The molecular formula is C20H19ClN4O. The lowest BCUT2D eigenvalue weighted by Crippen LogP contribution is -2.14. The number of nitrogens with zero attached hydrogens (tertiary/aromatic N) is 2. The topological polar surface area (TPSA) is 66.9 Å². The number of anilines is 2. The van der Waals surface area contributed by atoms with Crippen molar-refractivity contribution in [3.63, 3.8) is 0 Å². The third-order valence-electron chi connectivity index (χ3n) is 4.05. The molecule has 5 nitrogen and oxygen atoms in total. The molecule has 0 saturated heterocycles. The van der Waals surface area contributed by atoms with Gasteiger partial charge in [0.25, 0.3) is 5.91 Å². The maximum atomic E-state index is 12.3. The first-order valence-electron chi connectivity index (χ1n) is 8.21. The van der Waals surface area contributed by atoms with Crippen LogP contribution in [-0.2, 0) is 6.54 Å². The molecule has 132 valence electrons. The predicted octanol–water partition coefficient (Wildman–Crippen LogP) is 4.61. The van der Waals surface area contributed by atoms with Crippen LogP contribution in [0.4, 0.5) is 11.6 Å². The molecule has 3 rings (SSSR count). The van der Waals surface area contributed by atoms with E-state index in [9.17, 15) is 4.79 Å². The minimum Gasteiger partial charge on any atom is -0.350 e. The van der Waals surface area contributed by atoms with Crippen molar-refractivity contribution in [3.8, 4) is 0 Å². The fourth-order valence-corrected chi connectivity index (χ4v) is 2.71. The van der Waals surface area contributed by atoms with Crippen molar-refractivity contribution in [2.45, 2.75) is 20.4 Å². The van der Waals surface area contributed by atoms with Gasteiger partial charge in [-0.15, -0.1) is 0 Å². The number of aryl methyl sites for hydroxylation is 2. The second kappa shape index (κ2) is 7.97. The average molecular weight is 367 g/mol. The summed E-state index contributed by atoms with van der Waals surface area (Å²) in [4.78, 5) is 20.8. The number of carbonyl (C=O) groups excluding carboxylic acids is 1. The van der Waals surface area contributed by atoms with Gasteiger partial charge in [-0.25, -0.2) is 9.97 Å². The van der Waals surface area contributed by atoms with Crippen LogP contribution in [0.15, 0.2) is 54.9 Å². The van der Waals surface area contributed by atoms with Gasteiger partial charge in [-0.3, -0.25) is 4.79 Å². The number of nitrogens with one attached hydrogen (secondary N) is 2. The Morgan fingerprint density at radius 3 is 2.46 bits per heavy atom. The standard InChI is InChI=1S/C20H19ClN4O/c1-13-5-3-4-6-15(13)10-22-20-23-11-16(12-24-20)19(26)25-18-8-7-17(21)9-14(18)2/h3-9,11-12H,10H2,1-2H3,(H,25,26)(H,22,23,24). The quantitative estimate of drug-likeness (QED) is 0.691. The maximum absolute atomic E-state index is 12.3. The number of hydrogen-bond donors (Lipinski definition) is 2. The van der Waals surface area contributed by atoms with Gasteiger partial charge >= 0.3 is 0 Å². The van der Waals surface area contributed by atoms with Gasteiger partial charge in [-0.2, -0.15) is 0 Å². The summed E-state index contributed by atoms with van der Waals surface area (Å²) in [7, 11) is 0. The molecule has 0 unspecified atom stereocenters. The number of rotatable bonds is 5. The number of amides is 1. The van der Waals surface area contributed by atoms with Crippen LogP contribution in [0.25, 0.3) is 0 Å². The highest BCUT2D eigenvalue weighted by molar-refractivity contribution is 6.30. The molecule has 1 aromatic heterocycles. The molecule has 0 fully saturated rings. The molecular weight excluding hydrogens is 348 g/mol. The summed E-state index contributed by atoms with van der Waals surface area (Å²) in [5.41, 5.74) is 4.37. The summed E-state index contributed by atoms with van der Waals surface area (Å²) < 4.78 is 0. The summed E-state index contributed by atoms with van der Waals surface area (Å²) in [5.74, 6) is 0.216. The summed E-state index contributed by atoms with van der Waals surface area (Å²) in [6, 6.07) is 13.4. The summed E-state index contributed by atoms with van der Waals surface area (Å²) in [6.45, 7) is 4.57. The predicted molar refractivity (Wildman–Crippen MR) is 105 cm³/mol. The summed E-state index contributed by atoms with van der Waals surface area (Å²) >= 11 is 5.93. The highest BCUT2D eigenvalue weighted by atomic mass is 35.5. The fourth-order valence-electron chi connectivity index (χ4n) is 2.48. The molecule has 2 N–H and O–H groups in total. The molecule has 0 aliphatic rings. The number of benzene rings is 2. The molecule has 1 heterocycles. The first-order valence-corrected chi connectivity index (χ1v) is 8.58. The lowest BCUT2D eigenvalue weighted by molar-refractivity contribution is 0.102. The average Bonchev–Trinajstić information content (AvgIpc) is 2.64. The van der Waals surface area contributed by atoms with Crippen molar-refractivity contribution in [3.05, 3.63) is 82.1 Å². The third kappa shape index (κ3) is 4.37. The molecule has 0 aliphatic carbocycles. The molecule has 0 atom stereocenters. The van der Waals surface area contributed by atoms with E-state index in [0.717, 1.165) is 5.56 Å². The van der Waals surface area contributed by atoms with E-state index in [4.69, 9.17) is 11.6 Å². The Kier molecular flexibility index (Phi) is 5.49. The van der Waals surface area contributed by atoms with Crippen LogP contribution >= 0.6 is 11.6 Å². The molecule has 26 heavy (non-hydrogen) atoms. The van der Waals surface area contributed by atoms with Crippen molar-refractivity contribution in [2.24, 2.45) is 0 Å². The highest BCUT2D eigenvalue weighted by Gasteiger charge is 2.09. The van der Waals surface area contributed by atoms with Gasteiger partial charge in [0.15, 0.2) is 0 Å². The van der Waals surface area contributed by atoms with Crippen LogP contribution in [0.3, 0.4) is 0 Å². The van der Waals surface area contributed by atoms with Gasteiger partial charge in [-0.1, -0.05) is 35.9 Å². The van der Waals surface area contributed by atoms with Crippen LogP contribution < -0.4 is 10.6 Å². The molecule has 0 radical (unpaired) electrons. The Morgan fingerprint density at radius 2 is 1.77 bits per heavy atom. The number of aromatic nitrogens is 2. The SMILES string of the molecule is Cc1ccccc1CNc1ncc(C(=O)Nc2ccc(Cl)cc2C)cn1. The van der Waals surface area contributed by atoms with Crippen LogP contribution in [0, 0.1) is 13.8 Å². The molecule has 2 aromatic carbocycles. The number of halogens is 1. The van der Waals surface area contributed by atoms with E-state index >= 15 is 0 Å². The molecule has 1 amide bonds. The van der Waals surface area contributed by atoms with Gasteiger partial charge in [0.05, 0.1) is 5.56 Å². The Bertz CT molecular complexity index is 925. The van der Waals surface area contributed by atoms with Crippen LogP contribution in [0.1, 0.15) is 27.0 Å². The van der Waals surface area contributed by atoms with Gasteiger partial charge in [0.2, 0.25) is 5.95 Å². The number of carbonyl (C=O) groups is 1. The monoisotopic (exact) mass is 366 g/mol. The van der Waals surface area contributed by atoms with E-state index in [-0.39, 0.29) is 5.91 Å². The smallest absolute Gasteiger partial charge is 0.258 e. The molecule has 3 aromatic rings. The molecule has 0 aliphatic heterocycles. The first-order chi connectivity index (χ1) is 12.5. The molecule has 6 heteroatoms. The lowest BCUT2D eigenvalue weighted by atomic mass is 10.1. The van der Waals surface area contributed by atoms with Crippen LogP contribution in [0.5, 0.6) is 0 Å². The zero-order valence-corrected chi connectivity index (χ0v) is 15.3. The van der Waals surface area contributed by atoms with E-state index < -0.39 is 0 Å². The highest BCUT2D eigenvalue weighted by Crippen LogP contribution is 2.20. The number of hydrogen-bond acceptors (Lipinski definition) is 4. The van der Waals surface area contributed by atoms with Crippen molar-refractivity contribution < 1.29 is 4.79 Å². The van der Waals surface area contributed by atoms with Crippen molar-refractivity contribution in [2.75, 3.05) is 10.6 Å². The first kappa shape index (κ1) is 17.9. The van der Waals surface area contributed by atoms with Gasteiger partial charge in [0, 0.05) is 29.6 Å². The Balaban J connectivity index is 1.63. The third-order valence-corrected chi connectivity index (χ3v) is 4.28.